The first-order chi connectivity index (χ1) is 18.2. The predicted octanol–water partition coefficient (Wildman–Crippen LogP) is 4.41. The van der Waals surface area contributed by atoms with Gasteiger partial charge in [0.1, 0.15) is 5.75 Å². The fraction of sp³-hybridized carbons (Fsp3) is 0.286. The van der Waals surface area contributed by atoms with Crippen LogP contribution in [0.25, 0.3) is 17.1 Å². The molecule has 5 rings (SSSR count). The number of likely N-dealkylation sites (N-methyl/N-ethyl adjacent to an activating group) is 1. The molecule has 0 saturated carbocycles. The van der Waals surface area contributed by atoms with E-state index >= 15 is 0 Å². The molecule has 0 spiro atoms. The molecule has 0 aliphatic carbocycles. The fourth-order valence-electron chi connectivity index (χ4n) is 4.45. The van der Waals surface area contributed by atoms with Gasteiger partial charge in [-0.25, -0.2) is 0 Å². The highest BCUT2D eigenvalue weighted by atomic mass is 32.2. The molecule has 0 unspecified atom stereocenters. The second-order valence-corrected chi connectivity index (χ2v) is 9.69. The van der Waals surface area contributed by atoms with Gasteiger partial charge in [0.15, 0.2) is 11.0 Å². The van der Waals surface area contributed by atoms with Crippen LogP contribution < -0.4 is 4.74 Å². The summed E-state index contributed by atoms with van der Waals surface area (Å²) in [5.41, 5.74) is 3.60. The molecule has 190 valence electrons. The summed E-state index contributed by atoms with van der Waals surface area (Å²) in [6.45, 7) is 6.54. The van der Waals surface area contributed by atoms with Crippen LogP contribution in [0.2, 0.25) is 0 Å². The second-order valence-electron chi connectivity index (χ2n) is 8.75. The smallest absolute Gasteiger partial charge is 0.254 e. The van der Waals surface area contributed by atoms with Crippen molar-refractivity contribution in [3.05, 3.63) is 84.2 Å². The van der Waals surface area contributed by atoms with Crippen molar-refractivity contribution in [3.63, 3.8) is 0 Å². The predicted molar refractivity (Wildman–Crippen MR) is 145 cm³/mol. The Morgan fingerprint density at radius 1 is 0.946 bits per heavy atom. The van der Waals surface area contributed by atoms with Crippen molar-refractivity contribution < 1.29 is 9.53 Å². The lowest BCUT2D eigenvalue weighted by Crippen LogP contribution is -2.48. The van der Waals surface area contributed by atoms with Crippen molar-refractivity contribution in [1.82, 2.24) is 29.5 Å². The second kappa shape index (κ2) is 11.6. The number of benzene rings is 2. The van der Waals surface area contributed by atoms with Crippen molar-refractivity contribution in [2.75, 3.05) is 39.8 Å². The highest BCUT2D eigenvalue weighted by Crippen LogP contribution is 2.31. The Morgan fingerprint density at radius 2 is 1.68 bits per heavy atom. The van der Waals surface area contributed by atoms with Gasteiger partial charge in [-0.1, -0.05) is 36.9 Å². The quantitative estimate of drug-likeness (QED) is 0.323. The van der Waals surface area contributed by atoms with Gasteiger partial charge in [-0.15, -0.1) is 10.2 Å². The number of hydrogen-bond acceptors (Lipinski definition) is 7. The normalized spacial score (nSPS) is 14.1. The van der Waals surface area contributed by atoms with Crippen LogP contribution >= 0.6 is 11.8 Å². The number of hydrogen-bond donors (Lipinski definition) is 0. The minimum Gasteiger partial charge on any atom is -0.497 e. The third kappa shape index (κ3) is 5.52. The van der Waals surface area contributed by atoms with E-state index in [4.69, 9.17) is 4.74 Å². The number of amides is 1. The topological polar surface area (TPSA) is 76.4 Å². The van der Waals surface area contributed by atoms with E-state index in [1.807, 2.05) is 70.1 Å². The van der Waals surface area contributed by atoms with Crippen molar-refractivity contribution in [2.45, 2.75) is 17.8 Å². The monoisotopic (exact) mass is 514 g/mol. The number of methoxy groups -OCH3 is 1. The highest BCUT2D eigenvalue weighted by Gasteiger charge is 2.24. The molecule has 0 atom stereocenters. The number of piperazine rings is 1. The first-order valence-electron chi connectivity index (χ1n) is 12.4. The molecule has 2 aromatic heterocycles. The Labute approximate surface area is 221 Å². The Hall–Kier alpha value is -3.69. The molecule has 9 heteroatoms. The zero-order valence-electron chi connectivity index (χ0n) is 21.1. The largest absolute Gasteiger partial charge is 0.497 e. The maximum Gasteiger partial charge on any atom is 0.254 e. The van der Waals surface area contributed by atoms with Gasteiger partial charge in [0.05, 0.1) is 7.11 Å². The minimum atomic E-state index is 0.0982. The van der Waals surface area contributed by atoms with Crippen molar-refractivity contribution in [3.8, 4) is 22.8 Å². The summed E-state index contributed by atoms with van der Waals surface area (Å²) >= 11 is 1.57. The molecule has 0 N–H and O–H groups in total. The molecule has 1 aliphatic heterocycles. The van der Waals surface area contributed by atoms with Crippen molar-refractivity contribution >= 4 is 17.7 Å². The molecule has 3 heterocycles. The van der Waals surface area contributed by atoms with Crippen LogP contribution in [0.15, 0.2) is 78.2 Å². The molecular formula is C28H30N6O2S. The molecule has 1 fully saturated rings. The molecule has 1 saturated heterocycles. The van der Waals surface area contributed by atoms with Crippen LogP contribution in [0.4, 0.5) is 0 Å². The van der Waals surface area contributed by atoms with Crippen molar-refractivity contribution in [1.29, 1.82) is 0 Å². The van der Waals surface area contributed by atoms with Gasteiger partial charge in [0.25, 0.3) is 5.91 Å². The first-order valence-corrected chi connectivity index (χ1v) is 13.4. The Morgan fingerprint density at radius 3 is 2.38 bits per heavy atom. The van der Waals surface area contributed by atoms with Crippen LogP contribution in [-0.2, 0) is 5.75 Å². The lowest BCUT2D eigenvalue weighted by molar-refractivity contribution is 0.0642. The summed E-state index contributed by atoms with van der Waals surface area (Å²) in [6.07, 6.45) is 3.49. The summed E-state index contributed by atoms with van der Waals surface area (Å²) < 4.78 is 7.38. The van der Waals surface area contributed by atoms with Gasteiger partial charge in [-0.2, -0.15) is 0 Å². The first kappa shape index (κ1) is 25.0. The SMILES string of the molecule is CCN1CCN(C(=O)c2ccccc2CSc2nnc(-c3ccncc3)n2-c2ccc(OC)cc2)CC1. The van der Waals surface area contributed by atoms with E-state index in [1.54, 1.807) is 31.3 Å². The number of rotatable bonds is 8. The molecule has 0 bridgehead atoms. The number of carbonyl (C=O) groups is 1. The number of thioether (sulfide) groups is 1. The Bertz CT molecular complexity index is 1330. The van der Waals surface area contributed by atoms with Crippen LogP contribution in [-0.4, -0.2) is 75.3 Å². The molecule has 0 radical (unpaired) electrons. The average molecular weight is 515 g/mol. The standard InChI is InChI=1S/C28H30N6O2S/c1-3-32-16-18-33(19-17-32)27(35)25-7-5-4-6-22(25)20-37-28-31-30-26(21-12-14-29-15-13-21)34(28)23-8-10-24(36-2)11-9-23/h4-15H,3,16-20H2,1-2H3. The maximum absolute atomic E-state index is 13.4. The van der Waals surface area contributed by atoms with E-state index in [-0.39, 0.29) is 5.91 Å². The summed E-state index contributed by atoms with van der Waals surface area (Å²) in [7, 11) is 1.65. The lowest BCUT2D eigenvalue weighted by Gasteiger charge is -2.34. The minimum absolute atomic E-state index is 0.0982. The zero-order chi connectivity index (χ0) is 25.6. The number of ether oxygens (including phenoxy) is 1. The number of nitrogens with zero attached hydrogens (tertiary/aromatic N) is 6. The third-order valence-electron chi connectivity index (χ3n) is 6.61. The van der Waals surface area contributed by atoms with E-state index in [0.29, 0.717) is 5.75 Å². The molecule has 37 heavy (non-hydrogen) atoms. The molecule has 4 aromatic rings. The molecule has 8 nitrogen and oxygen atoms in total. The van der Waals surface area contributed by atoms with E-state index in [1.165, 1.54) is 0 Å². The van der Waals surface area contributed by atoms with Crippen LogP contribution in [0.1, 0.15) is 22.8 Å². The zero-order valence-corrected chi connectivity index (χ0v) is 21.9. The average Bonchev–Trinajstić information content (AvgIpc) is 3.40. The Kier molecular flexibility index (Phi) is 7.82. The number of aromatic nitrogens is 4. The van der Waals surface area contributed by atoms with Gasteiger partial charge >= 0.3 is 0 Å². The van der Waals surface area contributed by atoms with Crippen LogP contribution in [0, 0.1) is 0 Å². The van der Waals surface area contributed by atoms with Gasteiger partial charge in [-0.3, -0.25) is 14.3 Å². The lowest BCUT2D eigenvalue weighted by atomic mass is 10.1. The van der Waals surface area contributed by atoms with Gasteiger partial charge in [0.2, 0.25) is 0 Å². The van der Waals surface area contributed by atoms with E-state index < -0.39 is 0 Å². The highest BCUT2D eigenvalue weighted by molar-refractivity contribution is 7.98. The number of pyridine rings is 1. The van der Waals surface area contributed by atoms with E-state index in [2.05, 4.69) is 27.0 Å². The summed E-state index contributed by atoms with van der Waals surface area (Å²) in [4.78, 5) is 21.9. The molecule has 1 amide bonds. The third-order valence-corrected chi connectivity index (χ3v) is 7.59. The van der Waals surface area contributed by atoms with Gasteiger partial charge in [-0.05, 0) is 54.6 Å². The Balaban J connectivity index is 1.41. The molecular weight excluding hydrogens is 484 g/mol. The van der Waals surface area contributed by atoms with Gasteiger partial charge < -0.3 is 14.5 Å². The van der Waals surface area contributed by atoms with E-state index in [9.17, 15) is 4.79 Å². The van der Waals surface area contributed by atoms with E-state index in [0.717, 1.165) is 71.8 Å². The number of carbonyl (C=O) groups excluding carboxylic acids is 1. The summed E-state index contributed by atoms with van der Waals surface area (Å²) in [5.74, 6) is 2.21. The van der Waals surface area contributed by atoms with Gasteiger partial charge in [0, 0.05) is 61.1 Å². The van der Waals surface area contributed by atoms with Crippen LogP contribution in [0.3, 0.4) is 0 Å². The summed E-state index contributed by atoms with van der Waals surface area (Å²) in [5, 5.41) is 9.80. The molecule has 2 aromatic carbocycles. The fourth-order valence-corrected chi connectivity index (χ4v) is 5.41. The maximum atomic E-state index is 13.4. The summed E-state index contributed by atoms with van der Waals surface area (Å²) in [6, 6.07) is 19.5. The molecule has 1 aliphatic rings. The van der Waals surface area contributed by atoms with Crippen LogP contribution in [0.5, 0.6) is 5.75 Å². The van der Waals surface area contributed by atoms with Crippen molar-refractivity contribution in [2.24, 2.45) is 0 Å².